The lowest BCUT2D eigenvalue weighted by atomic mass is 9.91. The molecule has 3 heteroatoms. The molecule has 1 amide bonds. The Morgan fingerprint density at radius 1 is 1.29 bits per heavy atom. The summed E-state index contributed by atoms with van der Waals surface area (Å²) in [4.78, 5) is 12.2. The van der Waals surface area contributed by atoms with Gasteiger partial charge in [0.15, 0.2) is 0 Å². The quantitative estimate of drug-likeness (QED) is 0.892. The van der Waals surface area contributed by atoms with Crippen LogP contribution in [0.5, 0.6) is 0 Å². The standard InChI is InChI=1S/C18H26N2O/c1-19-17(11-13-5-2-3-6-13)15-9-8-14-7-4-10-20-18(21)16(14)12-15/h8-9,12-13,17,19H,2-7,10-11H2,1H3,(H,20,21). The number of rotatable bonds is 4. The van der Waals surface area contributed by atoms with Crippen molar-refractivity contribution in [2.45, 2.75) is 51.0 Å². The third kappa shape index (κ3) is 3.29. The van der Waals surface area contributed by atoms with Crippen molar-refractivity contribution < 1.29 is 4.79 Å². The van der Waals surface area contributed by atoms with Crippen molar-refractivity contribution in [2.24, 2.45) is 5.92 Å². The molecule has 0 spiro atoms. The summed E-state index contributed by atoms with van der Waals surface area (Å²) in [6.45, 7) is 0.792. The number of fused-ring (bicyclic) bond motifs is 1. The fraction of sp³-hybridized carbons (Fsp3) is 0.611. The first-order valence-electron chi connectivity index (χ1n) is 8.36. The van der Waals surface area contributed by atoms with E-state index in [1.807, 2.05) is 7.05 Å². The lowest BCUT2D eigenvalue weighted by molar-refractivity contribution is 0.0956. The first-order chi connectivity index (χ1) is 10.3. The minimum absolute atomic E-state index is 0.0973. The molecule has 1 aliphatic heterocycles. The highest BCUT2D eigenvalue weighted by Gasteiger charge is 2.22. The first-order valence-corrected chi connectivity index (χ1v) is 8.36. The fourth-order valence-corrected chi connectivity index (χ4v) is 3.82. The zero-order chi connectivity index (χ0) is 14.7. The summed E-state index contributed by atoms with van der Waals surface area (Å²) in [5.74, 6) is 0.940. The van der Waals surface area contributed by atoms with E-state index in [4.69, 9.17) is 0 Å². The Bertz CT molecular complexity index is 506. The second-order valence-electron chi connectivity index (χ2n) is 6.50. The second-order valence-corrected chi connectivity index (χ2v) is 6.50. The molecule has 1 unspecified atom stereocenters. The van der Waals surface area contributed by atoms with E-state index >= 15 is 0 Å². The minimum atomic E-state index is 0.0973. The van der Waals surface area contributed by atoms with Gasteiger partial charge in [0.2, 0.25) is 0 Å². The van der Waals surface area contributed by atoms with Crippen molar-refractivity contribution in [1.29, 1.82) is 0 Å². The average molecular weight is 286 g/mol. The van der Waals surface area contributed by atoms with Gasteiger partial charge in [-0.2, -0.15) is 0 Å². The molecule has 0 aromatic heterocycles. The van der Waals surface area contributed by atoms with Crippen LogP contribution in [0.3, 0.4) is 0 Å². The summed E-state index contributed by atoms with van der Waals surface area (Å²) < 4.78 is 0. The largest absolute Gasteiger partial charge is 0.352 e. The fourth-order valence-electron chi connectivity index (χ4n) is 3.82. The van der Waals surface area contributed by atoms with Crippen LogP contribution in [0.4, 0.5) is 0 Å². The van der Waals surface area contributed by atoms with Crippen molar-refractivity contribution in [3.05, 3.63) is 34.9 Å². The molecule has 3 rings (SSSR count). The van der Waals surface area contributed by atoms with Gasteiger partial charge in [0.25, 0.3) is 5.91 Å². The van der Waals surface area contributed by atoms with Crippen molar-refractivity contribution in [2.75, 3.05) is 13.6 Å². The highest BCUT2D eigenvalue weighted by molar-refractivity contribution is 5.96. The molecule has 0 bridgehead atoms. The summed E-state index contributed by atoms with van der Waals surface area (Å²) in [6, 6.07) is 6.86. The maximum absolute atomic E-state index is 12.2. The van der Waals surface area contributed by atoms with Gasteiger partial charge in [-0.3, -0.25) is 4.79 Å². The Hall–Kier alpha value is -1.35. The minimum Gasteiger partial charge on any atom is -0.352 e. The Morgan fingerprint density at radius 2 is 2.10 bits per heavy atom. The maximum Gasteiger partial charge on any atom is 0.251 e. The highest BCUT2D eigenvalue weighted by atomic mass is 16.1. The molecular formula is C18H26N2O. The summed E-state index contributed by atoms with van der Waals surface area (Å²) in [5.41, 5.74) is 3.35. The molecule has 1 aromatic carbocycles. The number of aryl methyl sites for hydroxylation is 1. The SMILES string of the molecule is CNC(CC1CCCC1)c1ccc2c(c1)C(=O)NCCC2. The number of carbonyl (C=O) groups is 1. The molecule has 1 atom stereocenters. The Morgan fingerprint density at radius 3 is 2.86 bits per heavy atom. The van der Waals surface area contributed by atoms with Crippen molar-refractivity contribution in [1.82, 2.24) is 10.6 Å². The van der Waals surface area contributed by atoms with E-state index in [1.165, 1.54) is 43.2 Å². The highest BCUT2D eigenvalue weighted by Crippen LogP contribution is 2.33. The molecule has 1 saturated carbocycles. The second kappa shape index (κ2) is 6.61. The van der Waals surface area contributed by atoms with Gasteiger partial charge in [-0.05, 0) is 49.4 Å². The van der Waals surface area contributed by atoms with Crippen LogP contribution in [-0.4, -0.2) is 19.5 Å². The summed E-state index contributed by atoms with van der Waals surface area (Å²) >= 11 is 0. The van der Waals surface area contributed by atoms with Crippen LogP contribution in [0.2, 0.25) is 0 Å². The normalized spacial score (nSPS) is 20.7. The van der Waals surface area contributed by atoms with Crippen LogP contribution >= 0.6 is 0 Å². The Labute approximate surface area is 127 Å². The van der Waals surface area contributed by atoms with Crippen LogP contribution in [0.15, 0.2) is 18.2 Å². The van der Waals surface area contributed by atoms with Gasteiger partial charge < -0.3 is 10.6 Å². The van der Waals surface area contributed by atoms with Crippen molar-refractivity contribution >= 4 is 5.91 Å². The Kier molecular flexibility index (Phi) is 4.59. The molecule has 1 aliphatic carbocycles. The molecule has 114 valence electrons. The number of nitrogens with one attached hydrogen (secondary N) is 2. The van der Waals surface area contributed by atoms with Gasteiger partial charge in [-0.1, -0.05) is 37.8 Å². The van der Waals surface area contributed by atoms with E-state index in [9.17, 15) is 4.79 Å². The van der Waals surface area contributed by atoms with Crippen LogP contribution < -0.4 is 10.6 Å². The molecular weight excluding hydrogens is 260 g/mol. The smallest absolute Gasteiger partial charge is 0.251 e. The van der Waals surface area contributed by atoms with Gasteiger partial charge in [-0.25, -0.2) is 0 Å². The molecule has 1 aromatic rings. The van der Waals surface area contributed by atoms with Crippen LogP contribution in [0.25, 0.3) is 0 Å². The lowest BCUT2D eigenvalue weighted by Gasteiger charge is -2.21. The van der Waals surface area contributed by atoms with Gasteiger partial charge in [0, 0.05) is 18.2 Å². The third-order valence-corrected chi connectivity index (χ3v) is 5.08. The van der Waals surface area contributed by atoms with Crippen LogP contribution in [0.1, 0.15) is 66.1 Å². The van der Waals surface area contributed by atoms with Crippen molar-refractivity contribution in [3.8, 4) is 0 Å². The summed E-state index contributed by atoms with van der Waals surface area (Å²) in [6.07, 6.45) is 8.72. The third-order valence-electron chi connectivity index (χ3n) is 5.08. The van der Waals surface area contributed by atoms with E-state index in [0.29, 0.717) is 6.04 Å². The molecule has 0 radical (unpaired) electrons. The van der Waals surface area contributed by atoms with Gasteiger partial charge in [0.05, 0.1) is 0 Å². The molecule has 1 heterocycles. The molecule has 2 N–H and O–H groups in total. The molecule has 3 nitrogen and oxygen atoms in total. The Balaban J connectivity index is 1.81. The number of carbonyl (C=O) groups excluding carboxylic acids is 1. The summed E-state index contributed by atoms with van der Waals surface area (Å²) in [7, 11) is 2.03. The lowest BCUT2D eigenvalue weighted by Crippen LogP contribution is -2.24. The summed E-state index contributed by atoms with van der Waals surface area (Å²) in [5, 5.41) is 6.45. The molecule has 1 fully saturated rings. The number of benzene rings is 1. The van der Waals surface area contributed by atoms with Crippen LogP contribution in [0, 0.1) is 5.92 Å². The van der Waals surface area contributed by atoms with E-state index in [-0.39, 0.29) is 5.91 Å². The zero-order valence-corrected chi connectivity index (χ0v) is 13.0. The van der Waals surface area contributed by atoms with E-state index < -0.39 is 0 Å². The topological polar surface area (TPSA) is 41.1 Å². The monoisotopic (exact) mass is 286 g/mol. The zero-order valence-electron chi connectivity index (χ0n) is 13.0. The molecule has 0 saturated heterocycles. The van der Waals surface area contributed by atoms with Crippen LogP contribution in [-0.2, 0) is 6.42 Å². The predicted molar refractivity (Wildman–Crippen MR) is 85.5 cm³/mol. The van der Waals surface area contributed by atoms with E-state index in [1.54, 1.807) is 0 Å². The maximum atomic E-state index is 12.2. The van der Waals surface area contributed by atoms with E-state index in [2.05, 4.69) is 28.8 Å². The van der Waals surface area contributed by atoms with Gasteiger partial charge >= 0.3 is 0 Å². The first kappa shape index (κ1) is 14.6. The average Bonchev–Trinajstić information content (AvgIpc) is 2.95. The number of hydrogen-bond donors (Lipinski definition) is 2. The predicted octanol–water partition coefficient (Wildman–Crippen LogP) is 3.20. The van der Waals surface area contributed by atoms with Gasteiger partial charge in [-0.15, -0.1) is 0 Å². The van der Waals surface area contributed by atoms with Gasteiger partial charge in [0.1, 0.15) is 0 Å². The number of hydrogen-bond acceptors (Lipinski definition) is 2. The molecule has 2 aliphatic rings. The van der Waals surface area contributed by atoms with E-state index in [0.717, 1.165) is 30.9 Å². The number of amides is 1. The van der Waals surface area contributed by atoms with Crippen molar-refractivity contribution in [3.63, 3.8) is 0 Å². The molecule has 21 heavy (non-hydrogen) atoms.